The summed E-state index contributed by atoms with van der Waals surface area (Å²) in [6.45, 7) is 3.57. The van der Waals surface area contributed by atoms with Gasteiger partial charge >= 0.3 is 0 Å². The van der Waals surface area contributed by atoms with Gasteiger partial charge in [0, 0.05) is 33.7 Å². The predicted octanol–water partition coefficient (Wildman–Crippen LogP) is 0.271. The van der Waals surface area contributed by atoms with Gasteiger partial charge in [-0.3, -0.25) is 9.59 Å². The van der Waals surface area contributed by atoms with Gasteiger partial charge < -0.3 is 25.3 Å². The maximum absolute atomic E-state index is 11.6. The Labute approximate surface area is 153 Å². The minimum Gasteiger partial charge on any atom is -0.459 e. The van der Waals surface area contributed by atoms with Gasteiger partial charge in [-0.05, 0) is 19.1 Å². The van der Waals surface area contributed by atoms with Crippen LogP contribution in [0, 0.1) is 0 Å². The molecular weight excluding hydrogens is 413 g/mol. The molecule has 0 saturated carbocycles. The van der Waals surface area contributed by atoms with Crippen LogP contribution >= 0.6 is 24.0 Å². The number of carbonyl (C=O) groups is 2. The molecule has 0 saturated heterocycles. The Kier molecular flexibility index (Phi) is 10.8. The van der Waals surface area contributed by atoms with Gasteiger partial charge in [-0.2, -0.15) is 0 Å². The second-order valence-corrected chi connectivity index (χ2v) is 4.64. The summed E-state index contributed by atoms with van der Waals surface area (Å²) in [5.41, 5.74) is 0. The summed E-state index contributed by atoms with van der Waals surface area (Å²) in [6.07, 6.45) is 1.45. The van der Waals surface area contributed by atoms with E-state index in [0.717, 1.165) is 0 Å². The van der Waals surface area contributed by atoms with Gasteiger partial charge in [0.05, 0.1) is 6.26 Å². The Morgan fingerprint density at radius 1 is 1.22 bits per heavy atom. The lowest BCUT2D eigenvalue weighted by atomic mass is 10.4. The normalized spacial score (nSPS) is 10.5. The average molecular weight is 437 g/mol. The third-order valence-electron chi connectivity index (χ3n) is 2.66. The van der Waals surface area contributed by atoms with E-state index in [4.69, 9.17) is 4.42 Å². The number of nitrogens with one attached hydrogen (secondary N) is 3. The molecule has 0 fully saturated rings. The molecule has 1 aromatic rings. The molecule has 0 spiro atoms. The van der Waals surface area contributed by atoms with Crippen molar-refractivity contribution in [2.75, 3.05) is 40.3 Å². The van der Waals surface area contributed by atoms with E-state index >= 15 is 0 Å². The van der Waals surface area contributed by atoms with E-state index < -0.39 is 0 Å². The van der Waals surface area contributed by atoms with E-state index in [2.05, 4.69) is 20.9 Å². The summed E-state index contributed by atoms with van der Waals surface area (Å²) in [5, 5.41) is 8.78. The van der Waals surface area contributed by atoms with Crippen LogP contribution < -0.4 is 16.0 Å². The Morgan fingerprint density at radius 3 is 2.48 bits per heavy atom. The fourth-order valence-electron chi connectivity index (χ4n) is 1.48. The molecule has 3 N–H and O–H groups in total. The van der Waals surface area contributed by atoms with Crippen molar-refractivity contribution in [1.82, 2.24) is 20.9 Å². The van der Waals surface area contributed by atoms with Crippen LogP contribution in [0.3, 0.4) is 0 Å². The van der Waals surface area contributed by atoms with Gasteiger partial charge in [0.15, 0.2) is 11.7 Å². The number of halogens is 1. The second-order valence-electron chi connectivity index (χ2n) is 4.64. The quantitative estimate of drug-likeness (QED) is 0.246. The van der Waals surface area contributed by atoms with E-state index in [0.29, 0.717) is 25.6 Å². The predicted molar refractivity (Wildman–Crippen MR) is 99.1 cm³/mol. The molecule has 8 nitrogen and oxygen atoms in total. The minimum atomic E-state index is -0.267. The second kappa shape index (κ2) is 11.7. The lowest BCUT2D eigenvalue weighted by Gasteiger charge is -2.12. The highest BCUT2D eigenvalue weighted by atomic mass is 127. The zero-order chi connectivity index (χ0) is 16.4. The molecule has 0 aliphatic rings. The number of likely N-dealkylation sites (N-methyl/N-ethyl adjacent to an activating group) is 1. The van der Waals surface area contributed by atoms with Crippen LogP contribution in [0.25, 0.3) is 0 Å². The number of amides is 2. The summed E-state index contributed by atoms with van der Waals surface area (Å²) in [5.74, 6) is 0.460. The lowest BCUT2D eigenvalue weighted by molar-refractivity contribution is -0.127. The Balaban J connectivity index is 0.00000484. The number of hydrogen-bond donors (Lipinski definition) is 3. The van der Waals surface area contributed by atoms with E-state index in [1.165, 1.54) is 11.2 Å². The van der Waals surface area contributed by atoms with Gasteiger partial charge in [0.1, 0.15) is 6.54 Å². The summed E-state index contributed by atoms with van der Waals surface area (Å²) in [4.78, 5) is 28.8. The molecule has 9 heteroatoms. The number of carbonyl (C=O) groups excluding carboxylic acids is 2. The van der Waals surface area contributed by atoms with Crippen LogP contribution in [-0.4, -0.2) is 62.9 Å². The molecule has 130 valence electrons. The van der Waals surface area contributed by atoms with Crippen LogP contribution in [-0.2, 0) is 4.79 Å². The number of guanidine groups is 1. The van der Waals surface area contributed by atoms with E-state index in [1.807, 2.05) is 6.92 Å². The standard InChI is InChI=1S/C14H23N5O3.HI/c1-4-15-14(18-10-12(20)19(2)3)17-8-7-16-13(21)11-6-5-9-22-11;/h5-6,9H,4,7-8,10H2,1-3H3,(H,16,21)(H2,15,17,18);1H. The maximum Gasteiger partial charge on any atom is 0.287 e. The molecule has 1 heterocycles. The molecule has 0 bridgehead atoms. The first-order chi connectivity index (χ1) is 10.5. The van der Waals surface area contributed by atoms with Crippen molar-refractivity contribution >= 4 is 41.8 Å². The third-order valence-corrected chi connectivity index (χ3v) is 2.66. The Morgan fingerprint density at radius 2 is 1.91 bits per heavy atom. The highest BCUT2D eigenvalue weighted by Crippen LogP contribution is 1.98. The molecule has 0 radical (unpaired) electrons. The molecule has 0 aromatic carbocycles. The van der Waals surface area contributed by atoms with Crippen LogP contribution in [0.1, 0.15) is 17.5 Å². The summed E-state index contributed by atoms with van der Waals surface area (Å²) in [7, 11) is 3.37. The number of nitrogens with zero attached hydrogens (tertiary/aromatic N) is 2. The van der Waals surface area contributed by atoms with Crippen molar-refractivity contribution < 1.29 is 14.0 Å². The zero-order valence-electron chi connectivity index (χ0n) is 13.6. The number of aliphatic imine (C=N–C) groups is 1. The minimum absolute atomic E-state index is 0. The fraction of sp³-hybridized carbons (Fsp3) is 0.500. The molecule has 2 amide bonds. The SMILES string of the molecule is CCNC(=NCC(=O)N(C)C)NCCNC(=O)c1ccco1.I. The third kappa shape index (κ3) is 8.43. The topological polar surface area (TPSA) is 99.0 Å². The number of hydrogen-bond acceptors (Lipinski definition) is 4. The van der Waals surface area contributed by atoms with Crippen molar-refractivity contribution in [3.63, 3.8) is 0 Å². The lowest BCUT2D eigenvalue weighted by Crippen LogP contribution is -2.42. The summed E-state index contributed by atoms with van der Waals surface area (Å²) < 4.78 is 4.99. The molecule has 1 rings (SSSR count). The van der Waals surface area contributed by atoms with Crippen molar-refractivity contribution in [1.29, 1.82) is 0 Å². The first-order valence-corrected chi connectivity index (χ1v) is 7.08. The van der Waals surface area contributed by atoms with E-state index in [1.54, 1.807) is 26.2 Å². The van der Waals surface area contributed by atoms with Gasteiger partial charge in [-0.25, -0.2) is 4.99 Å². The zero-order valence-corrected chi connectivity index (χ0v) is 15.9. The molecule has 0 atom stereocenters. The Hall–Kier alpha value is -1.78. The summed E-state index contributed by atoms with van der Waals surface area (Å²) >= 11 is 0. The monoisotopic (exact) mass is 437 g/mol. The number of rotatable bonds is 7. The van der Waals surface area contributed by atoms with Crippen molar-refractivity contribution in [2.45, 2.75) is 6.92 Å². The van der Waals surface area contributed by atoms with E-state index in [9.17, 15) is 9.59 Å². The van der Waals surface area contributed by atoms with E-state index in [-0.39, 0.29) is 48.1 Å². The van der Waals surface area contributed by atoms with Crippen LogP contribution in [0.2, 0.25) is 0 Å². The fourth-order valence-corrected chi connectivity index (χ4v) is 1.48. The van der Waals surface area contributed by atoms with Crippen molar-refractivity contribution in [2.24, 2.45) is 4.99 Å². The summed E-state index contributed by atoms with van der Waals surface area (Å²) in [6, 6.07) is 3.26. The van der Waals surface area contributed by atoms with Gasteiger partial charge in [0.2, 0.25) is 5.91 Å². The van der Waals surface area contributed by atoms with Crippen LogP contribution in [0.4, 0.5) is 0 Å². The highest BCUT2D eigenvalue weighted by molar-refractivity contribution is 14.0. The van der Waals surface area contributed by atoms with Crippen molar-refractivity contribution in [3.8, 4) is 0 Å². The molecule has 0 aliphatic heterocycles. The molecular formula is C14H24IN5O3. The molecule has 23 heavy (non-hydrogen) atoms. The number of furan rings is 1. The Bertz CT molecular complexity index is 503. The van der Waals surface area contributed by atoms with Crippen LogP contribution in [0.5, 0.6) is 0 Å². The molecule has 0 unspecified atom stereocenters. The maximum atomic E-state index is 11.6. The van der Waals surface area contributed by atoms with Gasteiger partial charge in [-0.15, -0.1) is 24.0 Å². The molecule has 1 aromatic heterocycles. The van der Waals surface area contributed by atoms with Crippen molar-refractivity contribution in [3.05, 3.63) is 24.2 Å². The van der Waals surface area contributed by atoms with Crippen LogP contribution in [0.15, 0.2) is 27.8 Å². The highest BCUT2D eigenvalue weighted by Gasteiger charge is 2.07. The largest absolute Gasteiger partial charge is 0.459 e. The first kappa shape index (κ1) is 21.2. The molecule has 0 aliphatic carbocycles. The van der Waals surface area contributed by atoms with Gasteiger partial charge in [-0.1, -0.05) is 0 Å². The van der Waals surface area contributed by atoms with Gasteiger partial charge in [0.25, 0.3) is 5.91 Å². The smallest absolute Gasteiger partial charge is 0.287 e. The average Bonchev–Trinajstić information content (AvgIpc) is 3.02. The first-order valence-electron chi connectivity index (χ1n) is 7.08.